The predicted molar refractivity (Wildman–Crippen MR) is 47.5 cm³/mol. The van der Waals surface area contributed by atoms with Gasteiger partial charge in [0.25, 0.3) is 0 Å². The third-order valence-corrected chi connectivity index (χ3v) is 1.23. The number of hydrazine groups is 1. The van der Waals surface area contributed by atoms with Crippen LogP contribution in [0, 0.1) is 0 Å². The molecule has 12 heavy (non-hydrogen) atoms. The van der Waals surface area contributed by atoms with Crippen LogP contribution in [0.2, 0.25) is 0 Å². The van der Waals surface area contributed by atoms with Crippen LogP contribution in [0.4, 0.5) is 0 Å². The Labute approximate surface area is 76.6 Å². The highest BCUT2D eigenvalue weighted by Crippen LogP contribution is 1.93. The molecule has 0 saturated heterocycles. The third-order valence-electron chi connectivity index (χ3n) is 1.23. The molecule has 5 heteroatoms. The van der Waals surface area contributed by atoms with Crippen molar-refractivity contribution in [1.29, 1.82) is 0 Å². The summed E-state index contributed by atoms with van der Waals surface area (Å²) >= 11 is 0. The second-order valence-electron chi connectivity index (χ2n) is 2.07. The van der Waals surface area contributed by atoms with E-state index in [0.717, 1.165) is 5.69 Å². The van der Waals surface area contributed by atoms with E-state index >= 15 is 0 Å². The molecule has 66 valence electrons. The van der Waals surface area contributed by atoms with E-state index < -0.39 is 0 Å². The highest BCUT2D eigenvalue weighted by Gasteiger charge is 1.99. The van der Waals surface area contributed by atoms with Crippen molar-refractivity contribution >= 4 is 18.3 Å². The zero-order valence-corrected chi connectivity index (χ0v) is 7.17. The van der Waals surface area contributed by atoms with Gasteiger partial charge in [0.15, 0.2) is 0 Å². The Kier molecular flexibility index (Phi) is 4.99. The fourth-order valence-corrected chi connectivity index (χ4v) is 0.718. The minimum Gasteiger partial charge on any atom is -0.294 e. The maximum Gasteiger partial charge on any atom is 0.239 e. The number of pyridine rings is 1. The average molecular weight is 188 g/mol. The molecule has 3 N–H and O–H groups in total. The van der Waals surface area contributed by atoms with Gasteiger partial charge in [-0.1, -0.05) is 6.07 Å². The minimum atomic E-state index is -0.233. The number of carbonyl (C=O) groups is 1. The molecular formula is C7H10ClN3O. The largest absolute Gasteiger partial charge is 0.294 e. The molecule has 0 fully saturated rings. The average Bonchev–Trinajstić information content (AvgIpc) is 2.06. The first-order chi connectivity index (χ1) is 5.33. The molecular weight excluding hydrogens is 178 g/mol. The van der Waals surface area contributed by atoms with E-state index in [1.807, 2.05) is 11.5 Å². The van der Waals surface area contributed by atoms with E-state index in [1.54, 1.807) is 18.3 Å². The van der Waals surface area contributed by atoms with Crippen molar-refractivity contribution in [2.75, 3.05) is 0 Å². The van der Waals surface area contributed by atoms with Crippen molar-refractivity contribution in [2.24, 2.45) is 5.84 Å². The maximum absolute atomic E-state index is 10.7. The molecule has 0 spiro atoms. The number of nitrogens with zero attached hydrogens (tertiary/aromatic N) is 1. The van der Waals surface area contributed by atoms with Crippen molar-refractivity contribution in [1.82, 2.24) is 10.4 Å². The molecule has 1 amide bonds. The lowest BCUT2D eigenvalue weighted by Gasteiger charge is -1.96. The highest BCUT2D eigenvalue weighted by molar-refractivity contribution is 5.85. The minimum absolute atomic E-state index is 0. The molecule has 4 nitrogen and oxygen atoms in total. The number of halogens is 1. The zero-order valence-electron chi connectivity index (χ0n) is 6.36. The van der Waals surface area contributed by atoms with Gasteiger partial charge in [0.1, 0.15) is 0 Å². The van der Waals surface area contributed by atoms with Crippen molar-refractivity contribution < 1.29 is 4.79 Å². The van der Waals surface area contributed by atoms with Gasteiger partial charge in [-0.05, 0) is 12.1 Å². The van der Waals surface area contributed by atoms with Gasteiger partial charge in [0.05, 0.1) is 6.42 Å². The Bertz CT molecular complexity index is 240. The molecule has 0 atom stereocenters. The van der Waals surface area contributed by atoms with Gasteiger partial charge in [-0.2, -0.15) is 0 Å². The van der Waals surface area contributed by atoms with Crippen LogP contribution in [0.25, 0.3) is 0 Å². The van der Waals surface area contributed by atoms with Crippen LogP contribution in [-0.2, 0) is 11.2 Å². The molecule has 0 aromatic carbocycles. The summed E-state index contributed by atoms with van der Waals surface area (Å²) in [6, 6.07) is 5.39. The fourth-order valence-electron chi connectivity index (χ4n) is 0.718. The Hall–Kier alpha value is -1.13. The summed E-state index contributed by atoms with van der Waals surface area (Å²) in [6.07, 6.45) is 1.87. The summed E-state index contributed by atoms with van der Waals surface area (Å²) in [5.41, 5.74) is 2.75. The third kappa shape index (κ3) is 3.32. The Morgan fingerprint density at radius 2 is 2.33 bits per heavy atom. The van der Waals surface area contributed by atoms with Crippen LogP contribution in [0.1, 0.15) is 5.69 Å². The van der Waals surface area contributed by atoms with Gasteiger partial charge < -0.3 is 0 Å². The number of nitrogens with two attached hydrogens (primary N) is 1. The number of hydrogen-bond acceptors (Lipinski definition) is 3. The van der Waals surface area contributed by atoms with Crippen molar-refractivity contribution in [3.05, 3.63) is 30.1 Å². The molecule has 0 unspecified atom stereocenters. The number of rotatable bonds is 2. The van der Waals surface area contributed by atoms with Crippen molar-refractivity contribution in [2.45, 2.75) is 6.42 Å². The first-order valence-corrected chi connectivity index (χ1v) is 3.22. The molecule has 1 heterocycles. The van der Waals surface area contributed by atoms with Crippen LogP contribution in [0.5, 0.6) is 0 Å². The molecule has 1 rings (SSSR count). The van der Waals surface area contributed by atoms with Gasteiger partial charge in [-0.3, -0.25) is 15.2 Å². The quantitative estimate of drug-likeness (QED) is 0.390. The van der Waals surface area contributed by atoms with E-state index in [0.29, 0.717) is 0 Å². The summed E-state index contributed by atoms with van der Waals surface area (Å²) in [7, 11) is 0. The van der Waals surface area contributed by atoms with E-state index in [2.05, 4.69) is 4.98 Å². The summed E-state index contributed by atoms with van der Waals surface area (Å²) in [5, 5.41) is 0. The maximum atomic E-state index is 10.7. The summed E-state index contributed by atoms with van der Waals surface area (Å²) in [6.45, 7) is 0. The smallest absolute Gasteiger partial charge is 0.239 e. The molecule has 0 aliphatic heterocycles. The van der Waals surface area contributed by atoms with Crippen LogP contribution < -0.4 is 11.3 Å². The highest BCUT2D eigenvalue weighted by atomic mass is 35.5. The lowest BCUT2D eigenvalue weighted by atomic mass is 10.3. The lowest BCUT2D eigenvalue weighted by Crippen LogP contribution is -2.31. The molecule has 1 aromatic rings. The normalized spacial score (nSPS) is 8.42. The number of aromatic nitrogens is 1. The van der Waals surface area contributed by atoms with Gasteiger partial charge in [0, 0.05) is 11.9 Å². The fraction of sp³-hybridized carbons (Fsp3) is 0.143. The topological polar surface area (TPSA) is 68.0 Å². The SMILES string of the molecule is Cl.NNC(=O)Cc1ccccn1. The second kappa shape index (κ2) is 5.51. The molecule has 0 radical (unpaired) electrons. The van der Waals surface area contributed by atoms with Crippen LogP contribution >= 0.6 is 12.4 Å². The standard InChI is InChI=1S/C7H9N3O.ClH/c8-10-7(11)5-6-3-1-2-4-9-6;/h1-4H,5,8H2,(H,10,11);1H. The van der Waals surface area contributed by atoms with Crippen LogP contribution in [0.15, 0.2) is 24.4 Å². The van der Waals surface area contributed by atoms with E-state index in [-0.39, 0.29) is 24.7 Å². The number of nitrogens with one attached hydrogen (secondary N) is 1. The van der Waals surface area contributed by atoms with Crippen molar-refractivity contribution in [3.8, 4) is 0 Å². The summed E-state index contributed by atoms with van der Waals surface area (Å²) < 4.78 is 0. The first-order valence-electron chi connectivity index (χ1n) is 3.22. The number of amides is 1. The van der Waals surface area contributed by atoms with E-state index in [4.69, 9.17) is 5.84 Å². The summed E-state index contributed by atoms with van der Waals surface area (Å²) in [5.74, 6) is 4.66. The molecule has 0 aliphatic carbocycles. The van der Waals surface area contributed by atoms with E-state index in [9.17, 15) is 4.79 Å². The molecule has 0 aliphatic rings. The van der Waals surface area contributed by atoms with Gasteiger partial charge >= 0.3 is 0 Å². The Morgan fingerprint density at radius 3 is 2.83 bits per heavy atom. The molecule has 1 aromatic heterocycles. The van der Waals surface area contributed by atoms with Gasteiger partial charge in [0.2, 0.25) is 5.91 Å². The monoisotopic (exact) mass is 187 g/mol. The molecule has 0 bridgehead atoms. The Balaban J connectivity index is 0.00000121. The number of hydrogen-bond donors (Lipinski definition) is 2. The van der Waals surface area contributed by atoms with Gasteiger partial charge in [-0.25, -0.2) is 5.84 Å². The predicted octanol–water partition coefficient (Wildman–Crippen LogP) is 0.0358. The number of carbonyl (C=O) groups excluding carboxylic acids is 1. The zero-order chi connectivity index (χ0) is 8.10. The molecule has 0 saturated carbocycles. The van der Waals surface area contributed by atoms with Crippen LogP contribution in [0.3, 0.4) is 0 Å². The van der Waals surface area contributed by atoms with E-state index in [1.165, 1.54) is 0 Å². The first kappa shape index (κ1) is 10.9. The lowest BCUT2D eigenvalue weighted by molar-refractivity contribution is -0.120. The van der Waals surface area contributed by atoms with Gasteiger partial charge in [-0.15, -0.1) is 12.4 Å². The second-order valence-corrected chi connectivity index (χ2v) is 2.07. The summed E-state index contributed by atoms with van der Waals surface area (Å²) in [4.78, 5) is 14.7. The van der Waals surface area contributed by atoms with Crippen molar-refractivity contribution in [3.63, 3.8) is 0 Å². The Morgan fingerprint density at radius 1 is 1.58 bits per heavy atom. The van der Waals surface area contributed by atoms with Crippen LogP contribution in [-0.4, -0.2) is 10.9 Å².